The van der Waals surface area contributed by atoms with E-state index >= 15 is 0 Å². The van der Waals surface area contributed by atoms with E-state index in [1.54, 1.807) is 6.92 Å². The minimum atomic E-state index is -0.353. The Hall–Kier alpha value is -1.31. The van der Waals surface area contributed by atoms with Gasteiger partial charge in [0, 0.05) is 18.8 Å². The fourth-order valence-electron chi connectivity index (χ4n) is 1.46. The van der Waals surface area contributed by atoms with Crippen molar-refractivity contribution in [3.8, 4) is 0 Å². The molecule has 1 aromatic carbocycles. The van der Waals surface area contributed by atoms with Gasteiger partial charge in [-0.3, -0.25) is 9.59 Å². The van der Waals surface area contributed by atoms with E-state index < -0.39 is 0 Å². The van der Waals surface area contributed by atoms with E-state index in [9.17, 15) is 14.0 Å². The summed E-state index contributed by atoms with van der Waals surface area (Å²) in [5.74, 6) is -0.501. The van der Waals surface area contributed by atoms with Gasteiger partial charge in [0.15, 0.2) is 0 Å². The highest BCUT2D eigenvalue weighted by molar-refractivity contribution is 8.01. The molecule has 0 aliphatic carbocycles. The first-order valence-corrected chi connectivity index (χ1v) is 7.67. The zero-order valence-corrected chi connectivity index (χ0v) is 14.2. The van der Waals surface area contributed by atoms with Gasteiger partial charge in [0.05, 0.1) is 11.0 Å². The Kier molecular flexibility index (Phi) is 10.6. The van der Waals surface area contributed by atoms with Crippen molar-refractivity contribution in [3.05, 3.63) is 30.1 Å². The van der Waals surface area contributed by atoms with Crippen molar-refractivity contribution in [2.45, 2.75) is 12.2 Å². The van der Waals surface area contributed by atoms with Gasteiger partial charge in [-0.15, -0.1) is 24.2 Å². The van der Waals surface area contributed by atoms with Crippen molar-refractivity contribution in [1.82, 2.24) is 10.6 Å². The second-order valence-electron chi connectivity index (χ2n) is 4.40. The van der Waals surface area contributed by atoms with Crippen molar-refractivity contribution in [3.63, 3.8) is 0 Å². The van der Waals surface area contributed by atoms with Crippen LogP contribution in [0.3, 0.4) is 0 Å². The van der Waals surface area contributed by atoms with Gasteiger partial charge in [0.25, 0.3) is 0 Å². The van der Waals surface area contributed by atoms with E-state index in [0.29, 0.717) is 18.8 Å². The Morgan fingerprint density at radius 3 is 2.45 bits per heavy atom. The molecule has 0 aliphatic heterocycles. The van der Waals surface area contributed by atoms with Crippen LogP contribution in [0.5, 0.6) is 0 Å². The van der Waals surface area contributed by atoms with Crippen LogP contribution in [0.15, 0.2) is 24.3 Å². The summed E-state index contributed by atoms with van der Waals surface area (Å²) in [4.78, 5) is 23.4. The molecule has 3 N–H and O–H groups in total. The molecule has 2 amide bonds. The van der Waals surface area contributed by atoms with Gasteiger partial charge in [-0.2, -0.15) is 0 Å². The van der Waals surface area contributed by atoms with E-state index in [1.807, 2.05) is 7.05 Å². The third kappa shape index (κ3) is 8.21. The number of hydrogen-bond acceptors (Lipinski definition) is 4. The van der Waals surface area contributed by atoms with Crippen LogP contribution in [0.25, 0.3) is 0 Å². The zero-order chi connectivity index (χ0) is 15.7. The molecule has 0 saturated heterocycles. The number of thioether (sulfide) groups is 1. The first-order chi connectivity index (χ1) is 10.0. The molecule has 0 fully saturated rings. The number of carbonyl (C=O) groups excluding carboxylic acids is 2. The molecular formula is C14H21ClFN3O2S. The number of hydrogen-bond donors (Lipinski definition) is 3. The summed E-state index contributed by atoms with van der Waals surface area (Å²) in [6.45, 7) is 3.01. The minimum Gasteiger partial charge on any atom is -0.354 e. The Labute approximate surface area is 140 Å². The van der Waals surface area contributed by atoms with Crippen LogP contribution in [-0.2, 0) is 9.59 Å². The number of carbonyl (C=O) groups is 2. The molecule has 1 aromatic rings. The van der Waals surface area contributed by atoms with Crippen molar-refractivity contribution in [2.24, 2.45) is 0 Å². The predicted octanol–water partition coefficient (Wildman–Crippen LogP) is 1.64. The molecule has 0 saturated carbocycles. The molecule has 5 nitrogen and oxygen atoms in total. The third-order valence-electron chi connectivity index (χ3n) is 2.64. The van der Waals surface area contributed by atoms with Crippen LogP contribution in [0, 0.1) is 5.82 Å². The number of rotatable bonds is 8. The lowest BCUT2D eigenvalue weighted by Crippen LogP contribution is -2.35. The summed E-state index contributed by atoms with van der Waals surface area (Å²) in [5, 5.41) is 8.04. The normalized spacial score (nSPS) is 11.2. The molecule has 124 valence electrons. The highest BCUT2D eigenvalue weighted by Gasteiger charge is 2.14. The molecule has 0 bridgehead atoms. The SMILES string of the molecule is CNCCNC(=O)C(C)SCC(=O)Nc1ccc(F)cc1.Cl. The number of nitrogens with one attached hydrogen (secondary N) is 3. The van der Waals surface area contributed by atoms with Crippen LogP contribution in [0.2, 0.25) is 0 Å². The maximum Gasteiger partial charge on any atom is 0.234 e. The van der Waals surface area contributed by atoms with Crippen LogP contribution in [0.1, 0.15) is 6.92 Å². The average molecular weight is 350 g/mol. The van der Waals surface area contributed by atoms with Gasteiger partial charge in [-0.05, 0) is 38.2 Å². The lowest BCUT2D eigenvalue weighted by atomic mass is 10.3. The first-order valence-electron chi connectivity index (χ1n) is 6.62. The quantitative estimate of drug-likeness (QED) is 0.624. The molecule has 0 aromatic heterocycles. The molecule has 0 heterocycles. The van der Waals surface area contributed by atoms with E-state index in [2.05, 4.69) is 16.0 Å². The highest BCUT2D eigenvalue weighted by atomic mass is 35.5. The Bertz CT molecular complexity index is 474. The fraction of sp³-hybridized carbons (Fsp3) is 0.429. The number of halogens is 2. The van der Waals surface area contributed by atoms with Gasteiger partial charge in [0.2, 0.25) is 11.8 Å². The molecule has 0 spiro atoms. The Balaban J connectivity index is 0.00000441. The van der Waals surface area contributed by atoms with Crippen LogP contribution in [0.4, 0.5) is 10.1 Å². The van der Waals surface area contributed by atoms with E-state index in [0.717, 1.165) is 0 Å². The predicted molar refractivity (Wildman–Crippen MR) is 91.1 cm³/mol. The van der Waals surface area contributed by atoms with E-state index in [1.165, 1.54) is 36.0 Å². The highest BCUT2D eigenvalue weighted by Crippen LogP contribution is 2.12. The van der Waals surface area contributed by atoms with Gasteiger partial charge in [-0.1, -0.05) is 0 Å². The third-order valence-corrected chi connectivity index (χ3v) is 3.78. The van der Waals surface area contributed by atoms with Gasteiger partial charge < -0.3 is 16.0 Å². The number of likely N-dealkylation sites (N-methyl/N-ethyl adjacent to an activating group) is 1. The summed E-state index contributed by atoms with van der Waals surface area (Å²) in [7, 11) is 1.81. The Morgan fingerprint density at radius 1 is 1.23 bits per heavy atom. The maximum absolute atomic E-state index is 12.7. The van der Waals surface area contributed by atoms with Gasteiger partial charge >= 0.3 is 0 Å². The zero-order valence-electron chi connectivity index (χ0n) is 12.5. The molecule has 1 atom stereocenters. The molecule has 0 aliphatic rings. The maximum atomic E-state index is 12.7. The standard InChI is InChI=1S/C14H20FN3O2S.ClH/c1-10(14(20)17-8-7-16-2)21-9-13(19)18-12-5-3-11(15)4-6-12;/h3-6,10,16H,7-9H2,1-2H3,(H,17,20)(H,18,19);1H. The average Bonchev–Trinajstić information content (AvgIpc) is 2.47. The molecule has 1 rings (SSSR count). The summed E-state index contributed by atoms with van der Waals surface area (Å²) in [6, 6.07) is 5.54. The van der Waals surface area contributed by atoms with Crippen molar-refractivity contribution < 1.29 is 14.0 Å². The molecule has 0 radical (unpaired) electrons. The summed E-state index contributed by atoms with van der Waals surface area (Å²) >= 11 is 1.25. The summed E-state index contributed by atoms with van der Waals surface area (Å²) < 4.78 is 12.7. The second kappa shape index (κ2) is 11.3. The Morgan fingerprint density at radius 2 is 1.86 bits per heavy atom. The summed E-state index contributed by atoms with van der Waals surface area (Å²) in [6.07, 6.45) is 0. The molecular weight excluding hydrogens is 329 g/mol. The van der Waals surface area contributed by atoms with Crippen LogP contribution >= 0.6 is 24.2 Å². The molecule has 1 unspecified atom stereocenters. The van der Waals surface area contributed by atoms with Crippen LogP contribution in [-0.4, -0.2) is 43.0 Å². The lowest BCUT2D eigenvalue weighted by molar-refractivity contribution is -0.120. The monoisotopic (exact) mass is 349 g/mol. The van der Waals surface area contributed by atoms with Crippen LogP contribution < -0.4 is 16.0 Å². The largest absolute Gasteiger partial charge is 0.354 e. The minimum absolute atomic E-state index is 0. The summed E-state index contributed by atoms with van der Waals surface area (Å²) in [5.41, 5.74) is 0.535. The topological polar surface area (TPSA) is 70.2 Å². The number of amides is 2. The van der Waals surface area contributed by atoms with Gasteiger partial charge in [0.1, 0.15) is 5.82 Å². The lowest BCUT2D eigenvalue weighted by Gasteiger charge is -2.12. The van der Waals surface area contributed by atoms with E-state index in [-0.39, 0.29) is 41.0 Å². The van der Waals surface area contributed by atoms with Crippen molar-refractivity contribution in [1.29, 1.82) is 0 Å². The fourth-order valence-corrected chi connectivity index (χ4v) is 2.17. The van der Waals surface area contributed by atoms with Crippen molar-refractivity contribution >= 4 is 41.7 Å². The van der Waals surface area contributed by atoms with E-state index in [4.69, 9.17) is 0 Å². The smallest absolute Gasteiger partial charge is 0.234 e. The second-order valence-corrected chi connectivity index (χ2v) is 5.73. The molecule has 22 heavy (non-hydrogen) atoms. The number of anilines is 1. The first kappa shape index (κ1) is 20.7. The molecule has 8 heteroatoms. The van der Waals surface area contributed by atoms with Gasteiger partial charge in [-0.25, -0.2) is 4.39 Å². The number of benzene rings is 1. The van der Waals surface area contributed by atoms with Crippen molar-refractivity contribution in [2.75, 3.05) is 31.2 Å².